The van der Waals surface area contributed by atoms with Crippen molar-refractivity contribution >= 4 is 34.3 Å². The number of halogens is 1. The maximum Gasteiger partial charge on any atom is 0.336 e. The standard InChI is InChI=1S/C18H13ClN2O4S/c1-9-5-15-13(7-14(9)19)11(6-16(22)24-15)8-26-18-21-20-17(25-18)12-3-4-23-10(12)2/h3-7H,8H2,1-2H3. The molecule has 0 aliphatic carbocycles. The van der Waals surface area contributed by atoms with E-state index in [1.165, 1.54) is 17.8 Å². The van der Waals surface area contributed by atoms with Crippen molar-refractivity contribution in [3.63, 3.8) is 0 Å². The summed E-state index contributed by atoms with van der Waals surface area (Å²) in [6.07, 6.45) is 1.57. The van der Waals surface area contributed by atoms with Gasteiger partial charge in [0, 0.05) is 22.2 Å². The minimum absolute atomic E-state index is 0.398. The number of hydrogen-bond acceptors (Lipinski definition) is 7. The third-order valence-electron chi connectivity index (χ3n) is 3.96. The van der Waals surface area contributed by atoms with Crippen LogP contribution in [-0.4, -0.2) is 10.2 Å². The summed E-state index contributed by atoms with van der Waals surface area (Å²) in [5, 5.41) is 9.89. The van der Waals surface area contributed by atoms with Gasteiger partial charge in [-0.15, -0.1) is 10.2 Å². The van der Waals surface area contributed by atoms with Gasteiger partial charge in [-0.3, -0.25) is 0 Å². The highest BCUT2D eigenvalue weighted by atomic mass is 35.5. The fourth-order valence-electron chi connectivity index (χ4n) is 2.59. The van der Waals surface area contributed by atoms with Crippen LogP contribution < -0.4 is 5.63 Å². The minimum atomic E-state index is -0.407. The molecule has 132 valence electrons. The van der Waals surface area contributed by atoms with Crippen molar-refractivity contribution in [1.29, 1.82) is 0 Å². The topological polar surface area (TPSA) is 82.3 Å². The van der Waals surface area contributed by atoms with Crippen LogP contribution in [-0.2, 0) is 5.75 Å². The van der Waals surface area contributed by atoms with E-state index in [1.54, 1.807) is 24.5 Å². The van der Waals surface area contributed by atoms with Gasteiger partial charge in [0.1, 0.15) is 11.3 Å². The smallest absolute Gasteiger partial charge is 0.336 e. The van der Waals surface area contributed by atoms with Gasteiger partial charge in [-0.2, -0.15) is 0 Å². The van der Waals surface area contributed by atoms with E-state index >= 15 is 0 Å². The van der Waals surface area contributed by atoms with Crippen LogP contribution in [0.1, 0.15) is 16.9 Å². The lowest BCUT2D eigenvalue weighted by Crippen LogP contribution is -2.00. The number of fused-ring (bicyclic) bond motifs is 1. The Labute approximate surface area is 157 Å². The number of furan rings is 1. The first-order valence-corrected chi connectivity index (χ1v) is 9.11. The lowest BCUT2D eigenvalue weighted by Gasteiger charge is -2.06. The van der Waals surface area contributed by atoms with Gasteiger partial charge in [-0.25, -0.2) is 4.79 Å². The van der Waals surface area contributed by atoms with Crippen LogP contribution in [0.3, 0.4) is 0 Å². The molecule has 0 saturated carbocycles. The third kappa shape index (κ3) is 3.15. The highest BCUT2D eigenvalue weighted by Gasteiger charge is 2.15. The number of benzene rings is 1. The lowest BCUT2D eigenvalue weighted by atomic mass is 10.1. The number of hydrogen-bond donors (Lipinski definition) is 0. The molecule has 8 heteroatoms. The number of aryl methyl sites for hydroxylation is 2. The monoisotopic (exact) mass is 388 g/mol. The first-order valence-electron chi connectivity index (χ1n) is 7.75. The Balaban J connectivity index is 1.62. The molecule has 0 aliphatic rings. The van der Waals surface area contributed by atoms with Crippen LogP contribution >= 0.6 is 23.4 Å². The molecule has 0 radical (unpaired) electrons. The Morgan fingerprint density at radius 1 is 1.15 bits per heavy atom. The largest absolute Gasteiger partial charge is 0.469 e. The summed E-state index contributed by atoms with van der Waals surface area (Å²) in [4.78, 5) is 11.8. The Bertz CT molecular complexity index is 1160. The van der Waals surface area contributed by atoms with Crippen molar-refractivity contribution in [2.75, 3.05) is 0 Å². The zero-order valence-corrected chi connectivity index (χ0v) is 15.5. The summed E-state index contributed by atoms with van der Waals surface area (Å²) in [6, 6.07) is 6.80. The molecule has 0 N–H and O–H groups in total. The summed E-state index contributed by atoms with van der Waals surface area (Å²) in [6.45, 7) is 3.69. The summed E-state index contributed by atoms with van der Waals surface area (Å²) in [5.41, 5.74) is 2.51. The second-order valence-electron chi connectivity index (χ2n) is 5.74. The van der Waals surface area contributed by atoms with Crippen LogP contribution in [0.5, 0.6) is 0 Å². The average molecular weight is 389 g/mol. The molecule has 4 aromatic rings. The van der Waals surface area contributed by atoms with E-state index < -0.39 is 5.63 Å². The van der Waals surface area contributed by atoms with E-state index in [0.29, 0.717) is 33.2 Å². The van der Waals surface area contributed by atoms with Gasteiger partial charge in [-0.05, 0) is 43.2 Å². The van der Waals surface area contributed by atoms with E-state index in [0.717, 1.165) is 22.1 Å². The molecule has 3 aromatic heterocycles. The van der Waals surface area contributed by atoms with Crippen molar-refractivity contribution < 1.29 is 13.3 Å². The average Bonchev–Trinajstić information content (AvgIpc) is 3.23. The Kier molecular flexibility index (Phi) is 4.34. The van der Waals surface area contributed by atoms with Crippen LogP contribution in [0.15, 0.2) is 53.8 Å². The fraction of sp³-hybridized carbons (Fsp3) is 0.167. The number of rotatable bonds is 4. The molecule has 0 spiro atoms. The number of thioether (sulfide) groups is 1. The maximum absolute atomic E-state index is 11.8. The maximum atomic E-state index is 11.8. The van der Waals surface area contributed by atoms with E-state index in [9.17, 15) is 4.79 Å². The Hall–Kier alpha value is -2.51. The predicted molar refractivity (Wildman–Crippen MR) is 98.5 cm³/mol. The molecule has 0 aliphatic heterocycles. The lowest BCUT2D eigenvalue weighted by molar-refractivity contribution is 0.463. The second-order valence-corrected chi connectivity index (χ2v) is 7.07. The van der Waals surface area contributed by atoms with Crippen molar-refractivity contribution in [1.82, 2.24) is 10.2 Å². The molecule has 0 saturated heterocycles. The molecule has 1 aromatic carbocycles. The molecule has 0 unspecified atom stereocenters. The molecule has 3 heterocycles. The van der Waals surface area contributed by atoms with Gasteiger partial charge in [0.25, 0.3) is 11.1 Å². The van der Waals surface area contributed by atoms with Crippen LogP contribution in [0.4, 0.5) is 0 Å². The SMILES string of the molecule is Cc1cc2oc(=O)cc(CSc3nnc(-c4ccoc4C)o3)c2cc1Cl. The van der Waals surface area contributed by atoms with Crippen molar-refractivity contribution in [3.8, 4) is 11.5 Å². The summed E-state index contributed by atoms with van der Waals surface area (Å²) >= 11 is 7.55. The number of nitrogens with zero attached hydrogens (tertiary/aromatic N) is 2. The quantitative estimate of drug-likeness (QED) is 0.359. The first kappa shape index (κ1) is 16.9. The van der Waals surface area contributed by atoms with E-state index in [-0.39, 0.29) is 0 Å². The van der Waals surface area contributed by atoms with Crippen molar-refractivity contribution in [2.45, 2.75) is 24.8 Å². The molecule has 0 amide bonds. The van der Waals surface area contributed by atoms with E-state index in [1.807, 2.05) is 13.8 Å². The van der Waals surface area contributed by atoms with Gasteiger partial charge in [0.15, 0.2) is 0 Å². The minimum Gasteiger partial charge on any atom is -0.469 e. The second kappa shape index (κ2) is 6.66. The first-order chi connectivity index (χ1) is 12.5. The van der Waals surface area contributed by atoms with Crippen LogP contribution in [0, 0.1) is 13.8 Å². The Morgan fingerprint density at radius 2 is 2.00 bits per heavy atom. The molecular formula is C18H13ClN2O4S. The highest BCUT2D eigenvalue weighted by Crippen LogP contribution is 2.31. The zero-order valence-electron chi connectivity index (χ0n) is 13.9. The van der Waals surface area contributed by atoms with Gasteiger partial charge < -0.3 is 13.3 Å². The molecule has 4 rings (SSSR count). The van der Waals surface area contributed by atoms with Gasteiger partial charge in [0.05, 0.1) is 11.8 Å². The Morgan fingerprint density at radius 3 is 2.77 bits per heavy atom. The van der Waals surface area contributed by atoms with Crippen molar-refractivity contribution in [2.24, 2.45) is 0 Å². The number of aromatic nitrogens is 2. The van der Waals surface area contributed by atoms with E-state index in [4.69, 9.17) is 24.9 Å². The summed E-state index contributed by atoms with van der Waals surface area (Å²) in [7, 11) is 0. The van der Waals surface area contributed by atoms with Crippen LogP contribution in [0.2, 0.25) is 5.02 Å². The molecule has 0 bridgehead atoms. The highest BCUT2D eigenvalue weighted by molar-refractivity contribution is 7.98. The van der Waals surface area contributed by atoms with E-state index in [2.05, 4.69) is 10.2 Å². The summed E-state index contributed by atoms with van der Waals surface area (Å²) in [5.74, 6) is 1.57. The van der Waals surface area contributed by atoms with Gasteiger partial charge in [0.2, 0.25) is 0 Å². The van der Waals surface area contributed by atoms with Crippen LogP contribution in [0.25, 0.3) is 22.4 Å². The van der Waals surface area contributed by atoms with Gasteiger partial charge >= 0.3 is 5.63 Å². The van der Waals surface area contributed by atoms with Gasteiger partial charge in [-0.1, -0.05) is 23.4 Å². The molecule has 6 nitrogen and oxygen atoms in total. The normalized spacial score (nSPS) is 11.3. The molecule has 0 atom stereocenters. The molecular weight excluding hydrogens is 376 g/mol. The third-order valence-corrected chi connectivity index (χ3v) is 5.23. The predicted octanol–water partition coefficient (Wildman–Crippen LogP) is 5.00. The van der Waals surface area contributed by atoms with Crippen molar-refractivity contribution in [3.05, 3.63) is 62.9 Å². The molecule has 26 heavy (non-hydrogen) atoms. The summed E-state index contributed by atoms with van der Waals surface area (Å²) < 4.78 is 16.2. The zero-order chi connectivity index (χ0) is 18.3. The fourth-order valence-corrected chi connectivity index (χ4v) is 3.51. The molecule has 0 fully saturated rings.